The lowest BCUT2D eigenvalue weighted by molar-refractivity contribution is -0.0808. The number of ether oxygens (including phenoxy) is 1. The van der Waals surface area contributed by atoms with Crippen LogP contribution in [0.1, 0.15) is 66.6 Å². The number of rotatable bonds is 8. The molecule has 0 bridgehead atoms. The van der Waals surface area contributed by atoms with Gasteiger partial charge in [0.2, 0.25) is 0 Å². The Morgan fingerprint density at radius 1 is 1.20 bits per heavy atom. The Bertz CT molecular complexity index is 1590. The Balaban J connectivity index is 1.06. The summed E-state index contributed by atoms with van der Waals surface area (Å²) in [6, 6.07) is 10.8. The Morgan fingerprint density at radius 3 is 2.67 bits per heavy atom. The van der Waals surface area contributed by atoms with Crippen molar-refractivity contribution in [2.45, 2.75) is 63.7 Å². The summed E-state index contributed by atoms with van der Waals surface area (Å²) in [5, 5.41) is 6.24. The molecule has 3 fully saturated rings. The molecule has 0 unspecified atom stereocenters. The summed E-state index contributed by atoms with van der Waals surface area (Å²) >= 11 is 14.5. The van der Waals surface area contributed by atoms with E-state index in [9.17, 15) is 9.18 Å². The van der Waals surface area contributed by atoms with Gasteiger partial charge in [-0.1, -0.05) is 45.8 Å². The molecular formula is C30H28Cl2FN3O3S. The average molecular weight is 601 g/mol. The van der Waals surface area contributed by atoms with E-state index in [-0.39, 0.29) is 23.3 Å². The quantitative estimate of drug-likeness (QED) is 0.190. The van der Waals surface area contributed by atoms with Crippen LogP contribution >= 0.6 is 34.5 Å². The number of Topliss-reactive ketones (excluding diaryl/α,β-unsaturated/α-hetero) is 1. The van der Waals surface area contributed by atoms with Crippen LogP contribution in [-0.4, -0.2) is 41.3 Å². The first-order valence-electron chi connectivity index (χ1n) is 13.6. The molecule has 10 heteroatoms. The number of carbonyl (C=O) groups excluding carboxylic acids is 1. The molecule has 3 aliphatic rings. The van der Waals surface area contributed by atoms with Gasteiger partial charge in [-0.25, -0.2) is 9.37 Å². The first kappa shape index (κ1) is 26.4. The molecule has 3 heterocycles. The molecule has 2 aromatic carbocycles. The number of hydrogen-bond acceptors (Lipinski definition) is 7. The molecule has 0 N–H and O–H groups in total. The van der Waals surface area contributed by atoms with E-state index in [4.69, 9.17) is 37.4 Å². The fourth-order valence-corrected chi connectivity index (χ4v) is 8.00. The fraction of sp³-hybridized carbons (Fsp3) is 0.433. The number of halogens is 3. The van der Waals surface area contributed by atoms with Gasteiger partial charge in [-0.15, -0.1) is 0 Å². The zero-order chi connectivity index (χ0) is 27.6. The first-order chi connectivity index (χ1) is 19.3. The van der Waals surface area contributed by atoms with Crippen molar-refractivity contribution < 1.29 is 18.4 Å². The monoisotopic (exact) mass is 599 g/mol. The molecule has 6 nitrogen and oxygen atoms in total. The third-order valence-corrected chi connectivity index (χ3v) is 10.3. The lowest BCUT2D eigenvalue weighted by Crippen LogP contribution is -2.44. The van der Waals surface area contributed by atoms with Gasteiger partial charge in [-0.2, -0.15) is 0 Å². The molecule has 0 radical (unpaired) electrons. The van der Waals surface area contributed by atoms with Crippen molar-refractivity contribution >= 4 is 55.7 Å². The van der Waals surface area contributed by atoms with Crippen molar-refractivity contribution in [3.8, 4) is 11.3 Å². The zero-order valence-electron chi connectivity index (χ0n) is 22.0. The van der Waals surface area contributed by atoms with E-state index >= 15 is 0 Å². The van der Waals surface area contributed by atoms with Gasteiger partial charge in [0, 0.05) is 29.2 Å². The minimum Gasteiger partial charge on any atom is -0.373 e. The van der Waals surface area contributed by atoms with E-state index in [1.54, 1.807) is 25.1 Å². The second-order valence-corrected chi connectivity index (χ2v) is 13.3. The van der Waals surface area contributed by atoms with Crippen LogP contribution in [0.4, 0.5) is 9.52 Å². The predicted octanol–water partition coefficient (Wildman–Crippen LogP) is 8.25. The number of fused-ring (bicyclic) bond motifs is 1. The minimum atomic E-state index is -0.421. The highest BCUT2D eigenvalue weighted by atomic mass is 35.5. The van der Waals surface area contributed by atoms with Gasteiger partial charge < -0.3 is 14.2 Å². The molecule has 1 aliphatic heterocycles. The number of carbonyl (C=O) groups is 1. The molecule has 1 spiro atoms. The average Bonchev–Trinajstić information content (AvgIpc) is 3.36. The zero-order valence-corrected chi connectivity index (χ0v) is 24.3. The molecule has 2 saturated carbocycles. The van der Waals surface area contributed by atoms with Crippen LogP contribution in [0.15, 0.2) is 40.9 Å². The van der Waals surface area contributed by atoms with E-state index in [1.807, 2.05) is 18.2 Å². The summed E-state index contributed by atoms with van der Waals surface area (Å²) < 4.78 is 27.4. The van der Waals surface area contributed by atoms with Crippen molar-refractivity contribution in [2.24, 2.45) is 5.41 Å². The Hall–Kier alpha value is -2.52. The Kier molecular flexibility index (Phi) is 6.65. The van der Waals surface area contributed by atoms with E-state index in [2.05, 4.69) is 10.1 Å². The number of aromatic nitrogens is 2. The fourth-order valence-electron chi connectivity index (χ4n) is 6.35. The molecule has 208 valence electrons. The molecule has 0 amide bonds. The van der Waals surface area contributed by atoms with Crippen molar-refractivity contribution in [1.29, 1.82) is 0 Å². The molecular weight excluding hydrogens is 572 g/mol. The SMILES string of the molecule is CC(=O)c1ccc2nc(N3CC4(CC(OCc5c(-c6c(Cl)cccc6Cl)noc5C5CC5)C4)C[C@H]3CF)sc2c1. The Labute approximate surface area is 245 Å². The molecule has 40 heavy (non-hydrogen) atoms. The smallest absolute Gasteiger partial charge is 0.186 e. The highest BCUT2D eigenvalue weighted by molar-refractivity contribution is 7.22. The van der Waals surface area contributed by atoms with Gasteiger partial charge in [0.15, 0.2) is 10.9 Å². The third kappa shape index (κ3) is 4.63. The lowest BCUT2D eigenvalue weighted by Gasteiger charge is -2.44. The van der Waals surface area contributed by atoms with Gasteiger partial charge in [-0.3, -0.25) is 4.79 Å². The van der Waals surface area contributed by atoms with Gasteiger partial charge in [0.25, 0.3) is 0 Å². The molecule has 2 aliphatic carbocycles. The summed E-state index contributed by atoms with van der Waals surface area (Å²) in [4.78, 5) is 18.7. The number of thiazole rings is 1. The number of anilines is 1. The van der Waals surface area contributed by atoms with Crippen LogP contribution in [0.3, 0.4) is 0 Å². The number of benzene rings is 2. The molecule has 1 atom stereocenters. The Morgan fingerprint density at radius 2 is 1.98 bits per heavy atom. The molecule has 7 rings (SSSR count). The number of nitrogens with zero attached hydrogens (tertiary/aromatic N) is 3. The summed E-state index contributed by atoms with van der Waals surface area (Å²) in [7, 11) is 0. The van der Waals surface area contributed by atoms with E-state index < -0.39 is 6.67 Å². The third-order valence-electron chi connectivity index (χ3n) is 8.57. The van der Waals surface area contributed by atoms with Gasteiger partial charge in [0.1, 0.15) is 18.1 Å². The van der Waals surface area contributed by atoms with Crippen molar-refractivity contribution in [3.05, 3.63) is 63.3 Å². The van der Waals surface area contributed by atoms with Crippen molar-refractivity contribution in [3.63, 3.8) is 0 Å². The first-order valence-corrected chi connectivity index (χ1v) is 15.2. The van der Waals surface area contributed by atoms with Gasteiger partial charge in [-0.05, 0) is 74.8 Å². The maximum atomic E-state index is 14.2. The molecule has 4 aromatic rings. The topological polar surface area (TPSA) is 68.5 Å². The second kappa shape index (κ2) is 10.1. The normalized spacial score (nSPS) is 24.2. The summed E-state index contributed by atoms with van der Waals surface area (Å²) in [6.07, 6.45) is 4.74. The molecule has 2 aromatic heterocycles. The maximum absolute atomic E-state index is 14.2. The van der Waals surface area contributed by atoms with Crippen molar-refractivity contribution in [1.82, 2.24) is 10.1 Å². The van der Waals surface area contributed by atoms with E-state index in [0.29, 0.717) is 39.4 Å². The predicted molar refractivity (Wildman–Crippen MR) is 156 cm³/mol. The highest BCUT2D eigenvalue weighted by Crippen LogP contribution is 2.54. The summed E-state index contributed by atoms with van der Waals surface area (Å²) in [6.45, 7) is 2.26. The lowest BCUT2D eigenvalue weighted by atomic mass is 9.65. The highest BCUT2D eigenvalue weighted by Gasteiger charge is 2.53. The number of hydrogen-bond donors (Lipinski definition) is 0. The van der Waals surface area contributed by atoms with Crippen LogP contribution in [0.25, 0.3) is 21.5 Å². The van der Waals surface area contributed by atoms with Gasteiger partial charge in [0.05, 0.1) is 39.0 Å². The van der Waals surface area contributed by atoms with E-state index in [1.165, 1.54) is 11.3 Å². The molecule has 1 saturated heterocycles. The summed E-state index contributed by atoms with van der Waals surface area (Å²) in [5.74, 6) is 1.26. The van der Waals surface area contributed by atoms with Crippen LogP contribution < -0.4 is 4.90 Å². The van der Waals surface area contributed by atoms with Crippen LogP contribution in [0.2, 0.25) is 10.0 Å². The largest absolute Gasteiger partial charge is 0.373 e. The summed E-state index contributed by atoms with van der Waals surface area (Å²) in [5.41, 5.74) is 3.76. The second-order valence-electron chi connectivity index (χ2n) is 11.5. The standard InChI is InChI=1S/C30H28Cl2FN3O3S/c1-16(37)18-7-8-24-25(9-18)40-29(34-24)36-15-30(10-19(36)13-33)11-20(12-30)38-14-21-27(35-39-28(21)17-5-6-17)26-22(31)3-2-4-23(26)32/h2-4,7-9,17,19-20H,5-6,10-15H2,1H3/t19-,20?,30?/m0/s1. The van der Waals surface area contributed by atoms with Crippen LogP contribution in [0.5, 0.6) is 0 Å². The minimum absolute atomic E-state index is 0.00661. The van der Waals surface area contributed by atoms with Gasteiger partial charge >= 0.3 is 0 Å². The number of alkyl halides is 1. The van der Waals surface area contributed by atoms with Crippen LogP contribution in [0, 0.1) is 5.41 Å². The number of ketones is 1. The van der Waals surface area contributed by atoms with Crippen LogP contribution in [-0.2, 0) is 11.3 Å². The maximum Gasteiger partial charge on any atom is 0.186 e. The van der Waals surface area contributed by atoms with Crippen molar-refractivity contribution in [2.75, 3.05) is 18.1 Å². The van der Waals surface area contributed by atoms with E-state index in [0.717, 1.165) is 65.3 Å².